The maximum Gasteiger partial charge on any atom is 0.306 e. The van der Waals surface area contributed by atoms with Crippen molar-refractivity contribution in [3.05, 3.63) is 35.9 Å². The van der Waals surface area contributed by atoms with Crippen LogP contribution in [0.4, 0.5) is 0 Å². The smallest absolute Gasteiger partial charge is 0.306 e. The summed E-state index contributed by atoms with van der Waals surface area (Å²) in [6, 6.07) is 9.61. The van der Waals surface area contributed by atoms with Gasteiger partial charge in [0, 0.05) is 5.41 Å². The minimum absolute atomic E-state index is 0.153. The molecule has 4 nitrogen and oxygen atoms in total. The Hall–Kier alpha value is -1.84. The topological polar surface area (TPSA) is 52.6 Å². The van der Waals surface area contributed by atoms with E-state index >= 15 is 0 Å². The summed E-state index contributed by atoms with van der Waals surface area (Å²) in [6.45, 7) is 10.7. The normalized spacial score (nSPS) is 11.6. The van der Waals surface area contributed by atoms with Crippen molar-refractivity contribution in [1.29, 1.82) is 0 Å². The van der Waals surface area contributed by atoms with Gasteiger partial charge in [0.05, 0.1) is 26.1 Å². The van der Waals surface area contributed by atoms with E-state index in [2.05, 4.69) is 0 Å². The fourth-order valence-corrected chi connectivity index (χ4v) is 2.37. The SMILES string of the molecule is CC(C)COC(=O)CC(C)(CC(=O)OCC(C)C)c1ccccc1. The third kappa shape index (κ3) is 7.16. The van der Waals surface area contributed by atoms with Crippen molar-refractivity contribution in [2.45, 2.75) is 52.9 Å². The highest BCUT2D eigenvalue weighted by Gasteiger charge is 2.33. The minimum Gasteiger partial charge on any atom is -0.465 e. The Bertz CT molecular complexity index is 494. The Kier molecular flexibility index (Phi) is 7.96. The van der Waals surface area contributed by atoms with E-state index < -0.39 is 5.41 Å². The van der Waals surface area contributed by atoms with Crippen LogP contribution in [0.15, 0.2) is 30.3 Å². The lowest BCUT2D eigenvalue weighted by molar-refractivity contribution is -0.149. The summed E-state index contributed by atoms with van der Waals surface area (Å²) in [7, 11) is 0. The number of ether oxygens (including phenoxy) is 2. The van der Waals surface area contributed by atoms with Crippen molar-refractivity contribution >= 4 is 11.9 Å². The quantitative estimate of drug-likeness (QED) is 0.637. The fraction of sp³-hybridized carbons (Fsp3) is 0.600. The Labute approximate surface area is 145 Å². The summed E-state index contributed by atoms with van der Waals surface area (Å²) in [6.07, 6.45) is 0.307. The number of carbonyl (C=O) groups excluding carboxylic acids is 2. The van der Waals surface area contributed by atoms with Crippen LogP contribution in [0.2, 0.25) is 0 Å². The molecule has 0 bridgehead atoms. The van der Waals surface area contributed by atoms with E-state index in [1.54, 1.807) is 0 Å². The molecule has 0 spiro atoms. The first-order chi connectivity index (χ1) is 11.2. The largest absolute Gasteiger partial charge is 0.465 e. The second kappa shape index (κ2) is 9.45. The van der Waals surface area contributed by atoms with Gasteiger partial charge in [0.2, 0.25) is 0 Å². The molecule has 1 aromatic rings. The molecule has 0 N–H and O–H groups in total. The molecule has 0 unspecified atom stereocenters. The molecule has 0 radical (unpaired) electrons. The standard InChI is InChI=1S/C20H30O4/c1-15(2)13-23-18(21)11-20(5,17-9-7-6-8-10-17)12-19(22)24-14-16(3)4/h6-10,15-16H,11-14H2,1-5H3. The van der Waals surface area contributed by atoms with Crippen LogP contribution >= 0.6 is 0 Å². The highest BCUT2D eigenvalue weighted by molar-refractivity contribution is 5.76. The molecule has 0 fully saturated rings. The molecule has 0 aliphatic heterocycles. The summed E-state index contributed by atoms with van der Waals surface area (Å²) in [5.74, 6) is -0.000646. The molecular formula is C20H30O4. The van der Waals surface area contributed by atoms with Crippen molar-refractivity contribution in [2.75, 3.05) is 13.2 Å². The Morgan fingerprint density at radius 1 is 0.875 bits per heavy atom. The molecule has 1 aromatic carbocycles. The first-order valence-electron chi connectivity index (χ1n) is 8.59. The molecule has 0 saturated carbocycles. The number of rotatable bonds is 9. The number of benzene rings is 1. The summed E-state index contributed by atoms with van der Waals surface area (Å²) in [5.41, 5.74) is 0.302. The van der Waals surface area contributed by atoms with Crippen LogP contribution in [0.3, 0.4) is 0 Å². The van der Waals surface area contributed by atoms with Gasteiger partial charge in [0.25, 0.3) is 0 Å². The zero-order valence-corrected chi connectivity index (χ0v) is 15.5. The predicted molar refractivity (Wildman–Crippen MR) is 94.6 cm³/mol. The van der Waals surface area contributed by atoms with Gasteiger partial charge < -0.3 is 9.47 Å². The molecule has 0 heterocycles. The third-order valence-electron chi connectivity index (χ3n) is 3.70. The molecule has 0 aromatic heterocycles. The van der Waals surface area contributed by atoms with Gasteiger partial charge in [-0.2, -0.15) is 0 Å². The second-order valence-corrected chi connectivity index (χ2v) is 7.43. The van der Waals surface area contributed by atoms with E-state index in [1.807, 2.05) is 65.0 Å². The average Bonchev–Trinajstić information content (AvgIpc) is 2.51. The van der Waals surface area contributed by atoms with Crippen molar-refractivity contribution in [2.24, 2.45) is 11.8 Å². The second-order valence-electron chi connectivity index (χ2n) is 7.43. The lowest BCUT2D eigenvalue weighted by Crippen LogP contribution is -2.31. The number of esters is 2. The monoisotopic (exact) mass is 334 g/mol. The van der Waals surface area contributed by atoms with E-state index in [9.17, 15) is 9.59 Å². The van der Waals surface area contributed by atoms with Crippen molar-refractivity contribution in [3.8, 4) is 0 Å². The van der Waals surface area contributed by atoms with Gasteiger partial charge in [-0.15, -0.1) is 0 Å². The average molecular weight is 334 g/mol. The summed E-state index contributed by atoms with van der Waals surface area (Å²) >= 11 is 0. The molecule has 0 amide bonds. The zero-order valence-electron chi connectivity index (χ0n) is 15.5. The summed E-state index contributed by atoms with van der Waals surface area (Å²) in [4.78, 5) is 24.4. The Morgan fingerprint density at radius 3 is 1.67 bits per heavy atom. The zero-order chi connectivity index (χ0) is 18.2. The van der Waals surface area contributed by atoms with Crippen LogP contribution in [-0.4, -0.2) is 25.2 Å². The van der Waals surface area contributed by atoms with Crippen molar-refractivity contribution < 1.29 is 19.1 Å². The lowest BCUT2D eigenvalue weighted by Gasteiger charge is -2.28. The molecule has 0 atom stereocenters. The van der Waals surface area contributed by atoms with Crippen LogP contribution in [0, 0.1) is 11.8 Å². The van der Waals surface area contributed by atoms with E-state index in [0.717, 1.165) is 5.56 Å². The van der Waals surface area contributed by atoms with Gasteiger partial charge in [-0.25, -0.2) is 0 Å². The third-order valence-corrected chi connectivity index (χ3v) is 3.70. The van der Waals surface area contributed by atoms with Crippen LogP contribution < -0.4 is 0 Å². The van der Waals surface area contributed by atoms with Crippen LogP contribution in [-0.2, 0) is 24.5 Å². The minimum atomic E-state index is -0.636. The molecule has 0 aliphatic rings. The van der Waals surface area contributed by atoms with Crippen LogP contribution in [0.1, 0.15) is 53.0 Å². The number of hydrogen-bond donors (Lipinski definition) is 0. The molecule has 0 saturated heterocycles. The van der Waals surface area contributed by atoms with Crippen LogP contribution in [0.5, 0.6) is 0 Å². The van der Waals surface area contributed by atoms with E-state index in [1.165, 1.54) is 0 Å². The van der Waals surface area contributed by atoms with E-state index in [4.69, 9.17) is 9.47 Å². The Morgan fingerprint density at radius 2 is 1.29 bits per heavy atom. The Balaban J connectivity index is 2.84. The fourth-order valence-electron chi connectivity index (χ4n) is 2.37. The number of carbonyl (C=O) groups is 2. The van der Waals surface area contributed by atoms with E-state index in [-0.39, 0.29) is 36.6 Å². The maximum absolute atomic E-state index is 12.2. The molecule has 0 aliphatic carbocycles. The summed E-state index contributed by atoms with van der Waals surface area (Å²) in [5, 5.41) is 0. The van der Waals surface area contributed by atoms with Crippen molar-refractivity contribution in [1.82, 2.24) is 0 Å². The molecular weight excluding hydrogens is 304 g/mol. The first-order valence-corrected chi connectivity index (χ1v) is 8.59. The molecule has 1 rings (SSSR count). The highest BCUT2D eigenvalue weighted by Crippen LogP contribution is 2.32. The molecule has 4 heteroatoms. The first kappa shape index (κ1) is 20.2. The van der Waals surface area contributed by atoms with Gasteiger partial charge >= 0.3 is 11.9 Å². The summed E-state index contributed by atoms with van der Waals surface area (Å²) < 4.78 is 10.6. The van der Waals surface area contributed by atoms with Crippen LogP contribution in [0.25, 0.3) is 0 Å². The number of hydrogen-bond acceptors (Lipinski definition) is 4. The lowest BCUT2D eigenvalue weighted by atomic mass is 9.76. The van der Waals surface area contributed by atoms with Gasteiger partial charge in [-0.3, -0.25) is 9.59 Å². The van der Waals surface area contributed by atoms with Gasteiger partial charge in [-0.05, 0) is 17.4 Å². The van der Waals surface area contributed by atoms with Gasteiger partial charge in [0.1, 0.15) is 0 Å². The maximum atomic E-state index is 12.2. The molecule has 24 heavy (non-hydrogen) atoms. The molecule has 134 valence electrons. The highest BCUT2D eigenvalue weighted by atomic mass is 16.5. The predicted octanol–water partition coefficient (Wildman–Crippen LogP) is 4.12. The van der Waals surface area contributed by atoms with Gasteiger partial charge in [0.15, 0.2) is 0 Å². The van der Waals surface area contributed by atoms with E-state index in [0.29, 0.717) is 13.2 Å². The van der Waals surface area contributed by atoms with Gasteiger partial charge in [-0.1, -0.05) is 65.0 Å². The van der Waals surface area contributed by atoms with Crippen molar-refractivity contribution in [3.63, 3.8) is 0 Å².